The maximum atomic E-state index is 12.4. The lowest BCUT2D eigenvalue weighted by molar-refractivity contribution is -0.383. The molecule has 0 aliphatic carbocycles. The summed E-state index contributed by atoms with van der Waals surface area (Å²) in [6.07, 6.45) is 0.0310. The summed E-state index contributed by atoms with van der Waals surface area (Å²) in [6.45, 7) is 2.00. The predicted octanol–water partition coefficient (Wildman–Crippen LogP) is 2.88. The van der Waals surface area contributed by atoms with Gasteiger partial charge < -0.3 is 10.1 Å². The lowest BCUT2D eigenvalue weighted by atomic mass is 9.95. The van der Waals surface area contributed by atoms with Gasteiger partial charge in [-0.05, 0) is 29.7 Å². The smallest absolute Gasteiger partial charge is 0.339 e. The molecule has 7 nitrogen and oxygen atoms in total. The van der Waals surface area contributed by atoms with Crippen molar-refractivity contribution in [1.29, 1.82) is 0 Å². The molecule has 0 bridgehead atoms. The highest BCUT2D eigenvalue weighted by Gasteiger charge is 2.32. The van der Waals surface area contributed by atoms with E-state index >= 15 is 0 Å². The van der Waals surface area contributed by atoms with Crippen molar-refractivity contribution in [2.45, 2.75) is 25.9 Å². The number of fused-ring (bicyclic) bond motifs is 1. The van der Waals surface area contributed by atoms with Crippen LogP contribution in [0.25, 0.3) is 0 Å². The maximum absolute atomic E-state index is 12.4. The number of hydrogen-bond acceptors (Lipinski definition) is 5. The van der Waals surface area contributed by atoms with Crippen LogP contribution >= 0.6 is 0 Å². The summed E-state index contributed by atoms with van der Waals surface area (Å²) in [5, 5.41) is 13.5. The fourth-order valence-electron chi connectivity index (χ4n) is 2.77. The summed E-state index contributed by atoms with van der Waals surface area (Å²) < 4.78 is 5.20. The molecular formula is C18H16N2O5. The molecule has 1 amide bonds. The van der Waals surface area contributed by atoms with E-state index in [1.165, 1.54) is 18.2 Å². The molecule has 0 radical (unpaired) electrons. The minimum absolute atomic E-state index is 0.0710. The summed E-state index contributed by atoms with van der Waals surface area (Å²) in [6, 6.07) is 11.3. The van der Waals surface area contributed by atoms with Gasteiger partial charge in [0.25, 0.3) is 11.6 Å². The van der Waals surface area contributed by atoms with Gasteiger partial charge in [0.15, 0.2) is 6.10 Å². The van der Waals surface area contributed by atoms with Gasteiger partial charge in [-0.25, -0.2) is 4.79 Å². The first-order valence-electron chi connectivity index (χ1n) is 7.86. The van der Waals surface area contributed by atoms with Crippen LogP contribution in [-0.4, -0.2) is 22.9 Å². The molecule has 0 saturated carbocycles. The number of rotatable bonds is 4. The van der Waals surface area contributed by atoms with E-state index < -0.39 is 22.9 Å². The number of nitro benzene ring substituents is 1. The number of amides is 1. The van der Waals surface area contributed by atoms with Crippen LogP contribution in [0.2, 0.25) is 0 Å². The van der Waals surface area contributed by atoms with E-state index in [2.05, 4.69) is 5.32 Å². The molecule has 128 valence electrons. The average molecular weight is 340 g/mol. The number of ether oxygens (including phenoxy) is 1. The maximum Gasteiger partial charge on any atom is 0.339 e. The van der Waals surface area contributed by atoms with Crippen molar-refractivity contribution in [2.24, 2.45) is 0 Å². The minimum atomic E-state index is -1.02. The van der Waals surface area contributed by atoms with Gasteiger partial charge in [0.1, 0.15) is 5.69 Å². The Hall–Kier alpha value is -3.22. The third kappa shape index (κ3) is 3.35. The second-order valence-corrected chi connectivity index (χ2v) is 5.71. The topological polar surface area (TPSA) is 98.5 Å². The number of carbonyl (C=O) groups excluding carboxylic acids is 2. The Balaban J connectivity index is 1.82. The fourth-order valence-corrected chi connectivity index (χ4v) is 2.77. The van der Waals surface area contributed by atoms with Crippen molar-refractivity contribution >= 4 is 23.3 Å². The Bertz CT molecular complexity index is 862. The second kappa shape index (κ2) is 6.72. The van der Waals surface area contributed by atoms with Crippen molar-refractivity contribution in [3.8, 4) is 0 Å². The molecule has 1 N–H and O–H groups in total. The lowest BCUT2D eigenvalue weighted by Gasteiger charge is -2.24. The molecular weight excluding hydrogens is 324 g/mol. The van der Waals surface area contributed by atoms with Crippen LogP contribution in [0.1, 0.15) is 28.4 Å². The Labute approximate surface area is 143 Å². The predicted molar refractivity (Wildman–Crippen MR) is 90.5 cm³/mol. The zero-order valence-corrected chi connectivity index (χ0v) is 13.5. The molecule has 1 aliphatic heterocycles. The van der Waals surface area contributed by atoms with E-state index in [-0.39, 0.29) is 17.8 Å². The van der Waals surface area contributed by atoms with E-state index in [1.807, 2.05) is 19.1 Å². The summed E-state index contributed by atoms with van der Waals surface area (Å²) in [5.74, 6) is -1.15. The normalized spacial score (nSPS) is 15.9. The van der Waals surface area contributed by atoms with Gasteiger partial charge in [0, 0.05) is 12.5 Å². The molecule has 0 spiro atoms. The zero-order valence-electron chi connectivity index (χ0n) is 13.5. The summed E-state index contributed by atoms with van der Waals surface area (Å²) in [7, 11) is 0. The highest BCUT2D eigenvalue weighted by atomic mass is 16.6. The van der Waals surface area contributed by atoms with Crippen LogP contribution in [0.15, 0.2) is 42.5 Å². The van der Waals surface area contributed by atoms with Crippen molar-refractivity contribution in [3.63, 3.8) is 0 Å². The van der Waals surface area contributed by atoms with Gasteiger partial charge in [-0.3, -0.25) is 14.9 Å². The first-order chi connectivity index (χ1) is 12.0. The number of nitrogens with zero attached hydrogens (tertiary/aromatic N) is 1. The first-order valence-corrected chi connectivity index (χ1v) is 7.86. The molecule has 0 fully saturated rings. The molecule has 25 heavy (non-hydrogen) atoms. The molecule has 2 aromatic carbocycles. The Morgan fingerprint density at radius 1 is 1.32 bits per heavy atom. The molecule has 1 aliphatic rings. The molecule has 1 atom stereocenters. The van der Waals surface area contributed by atoms with Crippen LogP contribution in [0.4, 0.5) is 11.4 Å². The van der Waals surface area contributed by atoms with Crippen molar-refractivity contribution in [1.82, 2.24) is 0 Å². The molecule has 2 aromatic rings. The third-order valence-corrected chi connectivity index (χ3v) is 4.10. The van der Waals surface area contributed by atoms with Crippen molar-refractivity contribution in [3.05, 3.63) is 69.3 Å². The summed E-state index contributed by atoms with van der Waals surface area (Å²) in [4.78, 5) is 35.0. The Morgan fingerprint density at radius 2 is 2.08 bits per heavy atom. The largest absolute Gasteiger partial charge is 0.448 e. The number of cyclic esters (lactones) is 1. The first kappa shape index (κ1) is 16.6. The Morgan fingerprint density at radius 3 is 2.80 bits per heavy atom. The number of nitrogens with one attached hydrogen (secondary N) is 1. The summed E-state index contributed by atoms with van der Waals surface area (Å²) in [5.41, 5.74) is 2.12. The minimum Gasteiger partial charge on any atom is -0.448 e. The standard InChI is InChI=1S/C18H16N2O5/c1-2-11-7-8-13-12(9-11)10-16(25-18(13)22)17(21)19-14-5-3-4-6-15(14)20(23)24/h3-9,16H,2,10H2,1H3,(H,19,21). The number of aryl methyl sites for hydroxylation is 1. The monoisotopic (exact) mass is 340 g/mol. The SMILES string of the molecule is CCc1ccc2c(c1)CC(C(=O)Nc1ccccc1[N+](=O)[O-])OC2=O. The molecule has 7 heteroatoms. The highest BCUT2D eigenvalue weighted by Crippen LogP contribution is 2.26. The van der Waals surface area contributed by atoms with Crippen LogP contribution in [-0.2, 0) is 22.4 Å². The number of benzene rings is 2. The quantitative estimate of drug-likeness (QED) is 0.524. The van der Waals surface area contributed by atoms with Gasteiger partial charge in [-0.2, -0.15) is 0 Å². The van der Waals surface area contributed by atoms with Gasteiger partial charge in [0.2, 0.25) is 0 Å². The number of carbonyl (C=O) groups is 2. The van der Waals surface area contributed by atoms with Crippen LogP contribution in [0.3, 0.4) is 0 Å². The average Bonchev–Trinajstić information content (AvgIpc) is 2.61. The molecule has 1 unspecified atom stereocenters. The van der Waals surface area contributed by atoms with Crippen LogP contribution in [0.5, 0.6) is 0 Å². The highest BCUT2D eigenvalue weighted by molar-refractivity contribution is 6.01. The molecule has 1 heterocycles. The van der Waals surface area contributed by atoms with Gasteiger partial charge in [-0.15, -0.1) is 0 Å². The second-order valence-electron chi connectivity index (χ2n) is 5.71. The Kier molecular flexibility index (Phi) is 4.47. The van der Waals surface area contributed by atoms with E-state index in [1.54, 1.807) is 12.1 Å². The van der Waals surface area contributed by atoms with Gasteiger partial charge in [-0.1, -0.05) is 31.2 Å². The molecule has 0 aromatic heterocycles. The third-order valence-electron chi connectivity index (χ3n) is 4.10. The number of nitro groups is 1. The number of esters is 1. The van der Waals surface area contributed by atoms with E-state index in [0.29, 0.717) is 5.56 Å². The molecule has 0 saturated heterocycles. The van der Waals surface area contributed by atoms with Gasteiger partial charge >= 0.3 is 5.97 Å². The zero-order chi connectivity index (χ0) is 18.0. The van der Waals surface area contributed by atoms with Crippen LogP contribution < -0.4 is 5.32 Å². The van der Waals surface area contributed by atoms with E-state index in [9.17, 15) is 19.7 Å². The number of anilines is 1. The van der Waals surface area contributed by atoms with Gasteiger partial charge in [0.05, 0.1) is 10.5 Å². The van der Waals surface area contributed by atoms with Crippen molar-refractivity contribution in [2.75, 3.05) is 5.32 Å². The van der Waals surface area contributed by atoms with E-state index in [0.717, 1.165) is 17.5 Å². The van der Waals surface area contributed by atoms with Crippen LogP contribution in [0, 0.1) is 10.1 Å². The number of hydrogen-bond donors (Lipinski definition) is 1. The molecule has 3 rings (SSSR count). The van der Waals surface area contributed by atoms with E-state index in [4.69, 9.17) is 4.74 Å². The number of para-hydroxylation sites is 2. The summed E-state index contributed by atoms with van der Waals surface area (Å²) >= 11 is 0. The lowest BCUT2D eigenvalue weighted by Crippen LogP contribution is -2.38. The van der Waals surface area contributed by atoms with Crippen molar-refractivity contribution < 1.29 is 19.2 Å². The fraction of sp³-hybridized carbons (Fsp3) is 0.222.